The molecule has 0 unspecified atom stereocenters. The van der Waals surface area contributed by atoms with Gasteiger partial charge in [-0.05, 0) is 242 Å². The number of rotatable bonds is 31. The Labute approximate surface area is 564 Å². The molecule has 0 heterocycles. The average molecular weight is 1320 g/mol. The van der Waals surface area contributed by atoms with Crippen LogP contribution in [0.1, 0.15) is 114 Å². The molecule has 494 valence electrons. The summed E-state index contributed by atoms with van der Waals surface area (Å²) >= 11 is 0. The highest BCUT2D eigenvalue weighted by atomic mass is 16.6. The van der Waals surface area contributed by atoms with E-state index in [-0.39, 0.29) is 56.8 Å². The summed E-state index contributed by atoms with van der Waals surface area (Å²) < 4.78 is 56.1. The van der Waals surface area contributed by atoms with E-state index in [4.69, 9.17) is 47.4 Å². The molecule has 18 nitrogen and oxygen atoms in total. The van der Waals surface area contributed by atoms with Crippen LogP contribution >= 0.6 is 0 Å². The first-order valence-electron chi connectivity index (χ1n) is 31.6. The van der Waals surface area contributed by atoms with E-state index >= 15 is 0 Å². The van der Waals surface area contributed by atoms with Crippen LogP contribution in [0, 0.1) is 0 Å². The van der Waals surface area contributed by atoms with Gasteiger partial charge in [-0.15, -0.1) is 0 Å². The Balaban J connectivity index is 0.712. The second kappa shape index (κ2) is 34.1. The molecule has 0 N–H and O–H groups in total. The molecule has 0 saturated heterocycles. The standard InChI is InChI=1S/C80H66O18/c1-3-72(81)91-49-15-7-5-13-47-89-61-34-21-54(22-35-61)75(83)93-63-38-25-56(26-39-63)77(85)95-65-42-29-58(30-43-65)79(87)97-67-51-60-18-10-11-19-68(60)70(52-67)74-69-20-12-9-17-53(69)33-46-71(74)98-80(88)59-31-44-66(45-32-59)96-78(86)57-27-40-64(41-28-57)94-76(84)55-23-36-62(37-24-55)90-48-14-6-8-16-50-92-73(82)4-2/h3-4,9-12,17-46,51-52H,1-2,5-8,13-16,47-50H2. The number of hydrogen-bond donors (Lipinski definition) is 0. The van der Waals surface area contributed by atoms with Crippen LogP contribution in [0.2, 0.25) is 0 Å². The molecule has 0 spiro atoms. The van der Waals surface area contributed by atoms with Crippen molar-refractivity contribution in [3.8, 4) is 57.1 Å². The zero-order valence-electron chi connectivity index (χ0n) is 53.2. The first-order chi connectivity index (χ1) is 47.8. The fourth-order valence-electron chi connectivity index (χ4n) is 10.1. The molecule has 0 bridgehead atoms. The first-order valence-corrected chi connectivity index (χ1v) is 31.6. The lowest BCUT2D eigenvalue weighted by molar-refractivity contribution is -0.138. The zero-order valence-corrected chi connectivity index (χ0v) is 53.2. The maximum Gasteiger partial charge on any atom is 0.343 e. The lowest BCUT2D eigenvalue weighted by Gasteiger charge is -2.17. The summed E-state index contributed by atoms with van der Waals surface area (Å²) in [5.41, 5.74) is 2.43. The molecule has 0 radical (unpaired) electrons. The van der Waals surface area contributed by atoms with Crippen molar-refractivity contribution < 1.29 is 85.7 Å². The van der Waals surface area contributed by atoms with E-state index in [2.05, 4.69) is 13.2 Å². The van der Waals surface area contributed by atoms with Crippen LogP contribution in [-0.4, -0.2) is 74.2 Å². The summed E-state index contributed by atoms with van der Waals surface area (Å²) in [5, 5.41) is 3.09. The van der Waals surface area contributed by atoms with Gasteiger partial charge >= 0.3 is 47.8 Å². The second-order valence-corrected chi connectivity index (χ2v) is 22.1. The topological polar surface area (TPSA) is 229 Å². The molecule has 0 fully saturated rings. The second-order valence-electron chi connectivity index (χ2n) is 22.1. The van der Waals surface area contributed by atoms with E-state index in [0.717, 1.165) is 85.1 Å². The molecular weight excluding hydrogens is 1250 g/mol. The van der Waals surface area contributed by atoms with Gasteiger partial charge in [0, 0.05) is 17.7 Å². The molecule has 0 aliphatic heterocycles. The van der Waals surface area contributed by atoms with Crippen LogP contribution in [-0.2, 0) is 19.1 Å². The van der Waals surface area contributed by atoms with E-state index in [1.807, 2.05) is 54.6 Å². The van der Waals surface area contributed by atoms with E-state index in [0.29, 0.717) is 60.2 Å². The molecule has 10 aromatic rings. The third-order valence-electron chi connectivity index (χ3n) is 15.2. The van der Waals surface area contributed by atoms with Crippen molar-refractivity contribution in [3.05, 3.63) is 277 Å². The number of hydrogen-bond acceptors (Lipinski definition) is 18. The van der Waals surface area contributed by atoms with Gasteiger partial charge < -0.3 is 47.4 Å². The first kappa shape index (κ1) is 68.4. The molecule has 10 aromatic carbocycles. The third kappa shape index (κ3) is 19.1. The maximum atomic E-state index is 14.0. The number of benzene rings is 10. The summed E-state index contributed by atoms with van der Waals surface area (Å²) in [7, 11) is 0. The van der Waals surface area contributed by atoms with Crippen molar-refractivity contribution in [2.24, 2.45) is 0 Å². The Kier molecular flexibility index (Phi) is 23.8. The van der Waals surface area contributed by atoms with E-state index in [1.165, 1.54) is 97.1 Å². The number of esters is 8. The molecule has 0 atom stereocenters. The average Bonchev–Trinajstić information content (AvgIpc) is 0.758. The lowest BCUT2D eigenvalue weighted by atomic mass is 9.92. The van der Waals surface area contributed by atoms with Gasteiger partial charge in [0.2, 0.25) is 0 Å². The van der Waals surface area contributed by atoms with Gasteiger partial charge in [-0.1, -0.05) is 67.8 Å². The molecule has 18 heteroatoms. The molecule has 0 saturated carbocycles. The molecule has 0 aromatic heterocycles. The van der Waals surface area contributed by atoms with Crippen LogP contribution in [0.4, 0.5) is 0 Å². The van der Waals surface area contributed by atoms with Crippen molar-refractivity contribution in [1.82, 2.24) is 0 Å². The summed E-state index contributed by atoms with van der Waals surface area (Å²) in [6, 6.07) is 58.7. The van der Waals surface area contributed by atoms with E-state index in [1.54, 1.807) is 66.7 Å². The van der Waals surface area contributed by atoms with Gasteiger partial charge in [-0.25, -0.2) is 38.4 Å². The maximum absolute atomic E-state index is 14.0. The molecule has 10 rings (SSSR count). The molecule has 0 amide bonds. The third-order valence-corrected chi connectivity index (χ3v) is 15.2. The fourth-order valence-corrected chi connectivity index (χ4v) is 10.1. The van der Waals surface area contributed by atoms with Crippen molar-refractivity contribution in [2.45, 2.75) is 51.4 Å². The highest BCUT2D eigenvalue weighted by molar-refractivity contribution is 6.09. The number of carbonyl (C=O) groups is 8. The van der Waals surface area contributed by atoms with Crippen LogP contribution in [0.15, 0.2) is 244 Å². The van der Waals surface area contributed by atoms with E-state index in [9.17, 15) is 38.4 Å². The summed E-state index contributed by atoms with van der Waals surface area (Å²) in [4.78, 5) is 103. The summed E-state index contributed by atoms with van der Waals surface area (Å²) in [6.45, 7) is 8.43. The highest BCUT2D eigenvalue weighted by Crippen LogP contribution is 2.43. The van der Waals surface area contributed by atoms with Crippen molar-refractivity contribution >= 4 is 69.3 Å². The predicted octanol–water partition coefficient (Wildman–Crippen LogP) is 16.3. The summed E-state index contributed by atoms with van der Waals surface area (Å²) in [6.07, 6.45) is 8.99. The quantitative estimate of drug-likeness (QED) is 0.0170. The number of fused-ring (bicyclic) bond motifs is 2. The predicted molar refractivity (Wildman–Crippen MR) is 366 cm³/mol. The zero-order chi connectivity index (χ0) is 68.6. The van der Waals surface area contributed by atoms with Gasteiger partial charge in [0.1, 0.15) is 46.0 Å². The minimum absolute atomic E-state index is 0.152. The van der Waals surface area contributed by atoms with Crippen LogP contribution < -0.4 is 37.9 Å². The van der Waals surface area contributed by atoms with Crippen LogP contribution in [0.5, 0.6) is 46.0 Å². The van der Waals surface area contributed by atoms with Gasteiger partial charge in [0.05, 0.1) is 59.8 Å². The lowest BCUT2D eigenvalue weighted by Crippen LogP contribution is -2.11. The number of ether oxygens (including phenoxy) is 10. The summed E-state index contributed by atoms with van der Waals surface area (Å²) in [5.74, 6) is -2.52. The van der Waals surface area contributed by atoms with Crippen LogP contribution in [0.3, 0.4) is 0 Å². The van der Waals surface area contributed by atoms with Crippen molar-refractivity contribution in [3.63, 3.8) is 0 Å². The van der Waals surface area contributed by atoms with Gasteiger partial charge in [-0.2, -0.15) is 0 Å². The molecule has 0 aliphatic carbocycles. The molecule has 0 aliphatic rings. The Morgan fingerprint density at radius 2 is 0.602 bits per heavy atom. The minimum atomic E-state index is -0.703. The Morgan fingerprint density at radius 1 is 0.286 bits per heavy atom. The van der Waals surface area contributed by atoms with Gasteiger partial charge in [-0.3, -0.25) is 0 Å². The number of unbranched alkanes of at least 4 members (excludes halogenated alkanes) is 6. The SMILES string of the molecule is C=CC(=O)OCCCCCCOc1ccc(C(=O)Oc2ccc(C(=O)Oc3ccc(C(=O)Oc4cc(-c5c(OC(=O)c6ccc(OC(=O)c7ccc(OC(=O)c8ccc(OCCCCCCOC(=O)C=C)cc8)cc7)cc6)ccc6ccccc56)c5ccccc5c4)cc3)cc2)cc1. The monoisotopic (exact) mass is 1310 g/mol. The molecule has 98 heavy (non-hydrogen) atoms. The van der Waals surface area contributed by atoms with Crippen molar-refractivity contribution in [2.75, 3.05) is 26.4 Å². The van der Waals surface area contributed by atoms with Gasteiger partial charge in [0.25, 0.3) is 0 Å². The molecular formula is C80H66O18. The largest absolute Gasteiger partial charge is 0.494 e. The normalized spacial score (nSPS) is 10.7. The highest BCUT2D eigenvalue weighted by Gasteiger charge is 2.22. The van der Waals surface area contributed by atoms with E-state index < -0.39 is 47.8 Å². The van der Waals surface area contributed by atoms with Gasteiger partial charge in [0.15, 0.2) is 0 Å². The Hall–Kier alpha value is -12.4. The van der Waals surface area contributed by atoms with Crippen molar-refractivity contribution in [1.29, 1.82) is 0 Å². The Bertz CT molecular complexity index is 4500. The number of carbonyl (C=O) groups excluding carboxylic acids is 8. The minimum Gasteiger partial charge on any atom is -0.494 e. The fraction of sp³-hybridized carbons (Fsp3) is 0.150. The smallest absolute Gasteiger partial charge is 0.343 e. The Morgan fingerprint density at radius 3 is 0.980 bits per heavy atom. The van der Waals surface area contributed by atoms with Crippen LogP contribution in [0.25, 0.3) is 32.7 Å².